The maximum absolute atomic E-state index is 11.9. The van der Waals surface area contributed by atoms with Gasteiger partial charge in [-0.3, -0.25) is 4.79 Å². The lowest BCUT2D eigenvalue weighted by molar-refractivity contribution is -0.121. The Morgan fingerprint density at radius 1 is 1.13 bits per heavy atom. The molecule has 1 N–H and O–H groups in total. The molecule has 0 heterocycles. The number of allylic oxidation sites excluding steroid dienone is 1. The number of Topliss-reactive ketones (excluding diaryl/α,β-unsaturated/α-hetero) is 1. The fourth-order valence-corrected chi connectivity index (χ4v) is 8.98. The summed E-state index contributed by atoms with van der Waals surface area (Å²) in [4.78, 5) is 11.9. The third-order valence-electron chi connectivity index (χ3n) is 10.9. The Bertz CT molecular complexity index is 680. The number of ketones is 1. The highest BCUT2D eigenvalue weighted by molar-refractivity contribution is 5.78. The van der Waals surface area contributed by atoms with Gasteiger partial charge in [0.05, 0.1) is 6.10 Å². The summed E-state index contributed by atoms with van der Waals surface area (Å²) in [5, 5.41) is 10.2. The van der Waals surface area contributed by atoms with Crippen LogP contribution in [0.2, 0.25) is 0 Å². The van der Waals surface area contributed by atoms with Gasteiger partial charge in [0.1, 0.15) is 5.78 Å². The molecule has 0 amide bonds. The Labute approximate surface area is 185 Å². The van der Waals surface area contributed by atoms with Gasteiger partial charge in [0.2, 0.25) is 0 Å². The molecule has 9 unspecified atom stereocenters. The summed E-state index contributed by atoms with van der Waals surface area (Å²) >= 11 is 0. The van der Waals surface area contributed by atoms with Crippen molar-refractivity contribution < 1.29 is 9.90 Å². The van der Waals surface area contributed by atoms with Crippen molar-refractivity contribution in [3.8, 4) is 0 Å². The molecular weight excluding hydrogens is 368 g/mol. The van der Waals surface area contributed by atoms with E-state index in [0.717, 1.165) is 55.3 Å². The smallest absolute Gasteiger partial charge is 0.132 e. The number of carbonyl (C=O) groups excluding carboxylic acids is 1. The maximum Gasteiger partial charge on any atom is 0.132 e. The van der Waals surface area contributed by atoms with Crippen LogP contribution in [0.1, 0.15) is 105 Å². The molecule has 4 aliphatic carbocycles. The topological polar surface area (TPSA) is 37.3 Å². The van der Waals surface area contributed by atoms with Crippen molar-refractivity contribution in [2.45, 2.75) is 111 Å². The minimum absolute atomic E-state index is 0.103. The second-order valence-corrected chi connectivity index (χ2v) is 12.2. The van der Waals surface area contributed by atoms with Crippen molar-refractivity contribution in [2.75, 3.05) is 0 Å². The van der Waals surface area contributed by atoms with Gasteiger partial charge in [-0.15, -0.1) is 0 Å². The molecule has 0 aliphatic heterocycles. The van der Waals surface area contributed by atoms with Crippen LogP contribution in [0.15, 0.2) is 11.6 Å². The molecule has 0 aromatic heterocycles. The minimum atomic E-state index is -0.103. The molecule has 0 aromatic carbocycles. The molecule has 2 heteroatoms. The van der Waals surface area contributed by atoms with E-state index in [9.17, 15) is 9.90 Å². The van der Waals surface area contributed by atoms with Gasteiger partial charge in [-0.2, -0.15) is 0 Å². The molecule has 0 radical (unpaired) electrons. The van der Waals surface area contributed by atoms with E-state index in [0.29, 0.717) is 16.6 Å². The van der Waals surface area contributed by atoms with E-state index in [1.54, 1.807) is 12.5 Å². The van der Waals surface area contributed by atoms with Gasteiger partial charge >= 0.3 is 0 Å². The van der Waals surface area contributed by atoms with Gasteiger partial charge < -0.3 is 5.11 Å². The number of hydrogen-bond acceptors (Lipinski definition) is 2. The van der Waals surface area contributed by atoms with E-state index in [1.807, 2.05) is 0 Å². The van der Waals surface area contributed by atoms with Crippen molar-refractivity contribution in [1.29, 1.82) is 0 Å². The molecule has 4 rings (SSSR count). The van der Waals surface area contributed by atoms with Crippen LogP contribution in [0.25, 0.3) is 0 Å². The molecular formula is C28H46O2. The standard InChI is InChI=1S/C28H46O2/c1-6-20(19(3)29)8-7-18(2)24-11-12-25-23-10-9-21-17-22(30)13-15-27(21,4)26(23)14-16-28(24,25)5/h9,18,20,22-26,30H,6-8,10-17H2,1-5H3. The van der Waals surface area contributed by atoms with Crippen LogP contribution in [0.4, 0.5) is 0 Å². The number of rotatable bonds is 6. The zero-order valence-corrected chi connectivity index (χ0v) is 20.3. The number of fused-ring (bicyclic) bond motifs is 5. The lowest BCUT2D eigenvalue weighted by Gasteiger charge is -2.58. The van der Waals surface area contributed by atoms with Crippen LogP contribution in [0.5, 0.6) is 0 Å². The number of carbonyl (C=O) groups is 1. The molecule has 9 atom stereocenters. The van der Waals surface area contributed by atoms with Gasteiger partial charge in [-0.1, -0.05) is 39.3 Å². The molecule has 0 bridgehead atoms. The second-order valence-electron chi connectivity index (χ2n) is 12.2. The molecule has 3 saturated carbocycles. The van der Waals surface area contributed by atoms with Crippen LogP contribution >= 0.6 is 0 Å². The van der Waals surface area contributed by atoms with Crippen molar-refractivity contribution in [1.82, 2.24) is 0 Å². The maximum atomic E-state index is 11.9. The minimum Gasteiger partial charge on any atom is -0.393 e. The number of aliphatic hydroxyl groups is 1. The molecule has 2 nitrogen and oxygen atoms in total. The Morgan fingerprint density at radius 3 is 2.60 bits per heavy atom. The van der Waals surface area contributed by atoms with Gasteiger partial charge in [0.15, 0.2) is 0 Å². The van der Waals surface area contributed by atoms with Crippen LogP contribution < -0.4 is 0 Å². The lowest BCUT2D eigenvalue weighted by atomic mass is 9.47. The van der Waals surface area contributed by atoms with Gasteiger partial charge in [0, 0.05) is 5.92 Å². The van der Waals surface area contributed by atoms with E-state index in [4.69, 9.17) is 0 Å². The van der Waals surface area contributed by atoms with Crippen LogP contribution in [0.3, 0.4) is 0 Å². The Hall–Kier alpha value is -0.630. The van der Waals surface area contributed by atoms with Crippen LogP contribution in [-0.2, 0) is 4.79 Å². The monoisotopic (exact) mass is 414 g/mol. The molecule has 0 saturated heterocycles. The summed E-state index contributed by atoms with van der Waals surface area (Å²) in [7, 11) is 0. The summed E-state index contributed by atoms with van der Waals surface area (Å²) in [6.45, 7) is 11.6. The van der Waals surface area contributed by atoms with Crippen LogP contribution in [0, 0.1) is 46.3 Å². The average molecular weight is 415 g/mol. The summed E-state index contributed by atoms with van der Waals surface area (Å²) in [6.07, 6.45) is 15.7. The fraction of sp³-hybridized carbons (Fsp3) is 0.893. The molecule has 3 fully saturated rings. The summed E-state index contributed by atoms with van der Waals surface area (Å²) in [5.74, 6) is 4.79. The highest BCUT2D eigenvalue weighted by atomic mass is 16.3. The largest absolute Gasteiger partial charge is 0.393 e. The van der Waals surface area contributed by atoms with E-state index in [2.05, 4.69) is 33.8 Å². The average Bonchev–Trinajstić information content (AvgIpc) is 3.06. The first-order valence-electron chi connectivity index (χ1n) is 13.1. The predicted molar refractivity (Wildman–Crippen MR) is 124 cm³/mol. The highest BCUT2D eigenvalue weighted by Gasteiger charge is 2.59. The zero-order chi connectivity index (χ0) is 21.7. The van der Waals surface area contributed by atoms with Gasteiger partial charge in [-0.05, 0) is 118 Å². The SMILES string of the molecule is CCC(CCC(C)C1CCC2C3CC=C4CC(O)CCC4(C)C3CCC12C)C(C)=O. The Balaban J connectivity index is 1.48. The van der Waals surface area contributed by atoms with Crippen molar-refractivity contribution in [2.24, 2.45) is 46.3 Å². The van der Waals surface area contributed by atoms with E-state index >= 15 is 0 Å². The molecule has 170 valence electrons. The third kappa shape index (κ3) is 3.63. The molecule has 0 aromatic rings. The Morgan fingerprint density at radius 2 is 1.90 bits per heavy atom. The van der Waals surface area contributed by atoms with E-state index < -0.39 is 0 Å². The van der Waals surface area contributed by atoms with Crippen molar-refractivity contribution in [3.63, 3.8) is 0 Å². The van der Waals surface area contributed by atoms with Crippen molar-refractivity contribution in [3.05, 3.63) is 11.6 Å². The first kappa shape index (κ1) is 22.6. The second kappa shape index (κ2) is 8.38. The first-order valence-corrected chi connectivity index (χ1v) is 13.1. The summed E-state index contributed by atoms with van der Waals surface area (Å²) in [6, 6.07) is 0. The van der Waals surface area contributed by atoms with E-state index in [-0.39, 0.29) is 12.0 Å². The quantitative estimate of drug-likeness (QED) is 0.477. The predicted octanol–water partition coefficient (Wildman–Crippen LogP) is 6.96. The molecule has 30 heavy (non-hydrogen) atoms. The normalized spacial score (nSPS) is 45.0. The van der Waals surface area contributed by atoms with Crippen molar-refractivity contribution >= 4 is 5.78 Å². The molecule has 4 aliphatic rings. The number of aliphatic hydroxyl groups excluding tert-OH is 1. The highest BCUT2D eigenvalue weighted by Crippen LogP contribution is 2.67. The van der Waals surface area contributed by atoms with Crippen LogP contribution in [-0.4, -0.2) is 17.0 Å². The first-order chi connectivity index (χ1) is 14.2. The van der Waals surface area contributed by atoms with Gasteiger partial charge in [0.25, 0.3) is 0 Å². The fourth-order valence-electron chi connectivity index (χ4n) is 8.98. The molecule has 0 spiro atoms. The van der Waals surface area contributed by atoms with E-state index in [1.165, 1.54) is 44.9 Å². The number of hydrogen-bond donors (Lipinski definition) is 1. The van der Waals surface area contributed by atoms with Gasteiger partial charge in [-0.25, -0.2) is 0 Å². The third-order valence-corrected chi connectivity index (χ3v) is 10.9. The summed E-state index contributed by atoms with van der Waals surface area (Å²) < 4.78 is 0. The summed E-state index contributed by atoms with van der Waals surface area (Å²) in [5.41, 5.74) is 2.43. The zero-order valence-electron chi connectivity index (χ0n) is 20.3. The Kier molecular flexibility index (Phi) is 6.30. The lowest BCUT2D eigenvalue weighted by Crippen LogP contribution is -2.50.